The standard InChI is InChI=1S/C15H29N3O2/c1-4-6-7-13(5-2)15(20)17(3)12-14(19)18-10-8-16-9-11-18/h13,16H,4-12H2,1-3H3. The highest BCUT2D eigenvalue weighted by Crippen LogP contribution is 2.15. The number of piperazine rings is 1. The molecule has 0 spiro atoms. The molecule has 1 saturated heterocycles. The van der Waals surface area contributed by atoms with Crippen LogP contribution in [0.15, 0.2) is 0 Å². The van der Waals surface area contributed by atoms with E-state index in [2.05, 4.69) is 12.2 Å². The van der Waals surface area contributed by atoms with Gasteiger partial charge in [0.1, 0.15) is 0 Å². The minimum absolute atomic E-state index is 0.0627. The maximum absolute atomic E-state index is 12.3. The van der Waals surface area contributed by atoms with E-state index in [4.69, 9.17) is 0 Å². The van der Waals surface area contributed by atoms with Gasteiger partial charge < -0.3 is 15.1 Å². The van der Waals surface area contributed by atoms with Gasteiger partial charge in [-0.25, -0.2) is 0 Å². The van der Waals surface area contributed by atoms with E-state index in [1.54, 1.807) is 11.9 Å². The number of likely N-dealkylation sites (N-methyl/N-ethyl adjacent to an activating group) is 1. The first-order chi connectivity index (χ1) is 9.60. The highest BCUT2D eigenvalue weighted by molar-refractivity contribution is 5.85. The van der Waals surface area contributed by atoms with Crippen molar-refractivity contribution in [3.63, 3.8) is 0 Å². The van der Waals surface area contributed by atoms with Crippen molar-refractivity contribution in [3.8, 4) is 0 Å². The van der Waals surface area contributed by atoms with Crippen molar-refractivity contribution in [1.29, 1.82) is 0 Å². The lowest BCUT2D eigenvalue weighted by molar-refractivity contribution is -0.142. The molecule has 1 aliphatic rings. The summed E-state index contributed by atoms with van der Waals surface area (Å²) >= 11 is 0. The van der Waals surface area contributed by atoms with Gasteiger partial charge in [0, 0.05) is 39.1 Å². The number of nitrogens with one attached hydrogen (secondary N) is 1. The van der Waals surface area contributed by atoms with Crippen molar-refractivity contribution in [2.75, 3.05) is 39.8 Å². The van der Waals surface area contributed by atoms with E-state index in [1.165, 1.54) is 0 Å². The molecule has 1 N–H and O–H groups in total. The highest BCUT2D eigenvalue weighted by Gasteiger charge is 2.24. The van der Waals surface area contributed by atoms with E-state index in [0.29, 0.717) is 0 Å². The number of carbonyl (C=O) groups excluding carboxylic acids is 2. The Morgan fingerprint density at radius 2 is 1.90 bits per heavy atom. The Balaban J connectivity index is 2.44. The molecule has 0 radical (unpaired) electrons. The molecule has 1 aliphatic heterocycles. The topological polar surface area (TPSA) is 52.7 Å². The molecule has 5 heteroatoms. The number of hydrogen-bond acceptors (Lipinski definition) is 3. The van der Waals surface area contributed by atoms with Crippen LogP contribution in [-0.4, -0.2) is 61.4 Å². The summed E-state index contributed by atoms with van der Waals surface area (Å²) in [5.74, 6) is 0.243. The lowest BCUT2D eigenvalue weighted by Crippen LogP contribution is -2.50. The van der Waals surface area contributed by atoms with Crippen molar-refractivity contribution < 1.29 is 9.59 Å². The molecule has 0 aromatic rings. The molecule has 1 heterocycles. The zero-order chi connectivity index (χ0) is 15.0. The van der Waals surface area contributed by atoms with Crippen LogP contribution < -0.4 is 5.32 Å². The molecule has 1 rings (SSSR count). The van der Waals surface area contributed by atoms with E-state index in [0.717, 1.165) is 51.9 Å². The van der Waals surface area contributed by atoms with Gasteiger partial charge in [-0.3, -0.25) is 9.59 Å². The van der Waals surface area contributed by atoms with Crippen LogP contribution in [0.5, 0.6) is 0 Å². The maximum Gasteiger partial charge on any atom is 0.242 e. The number of rotatable bonds is 7. The first-order valence-electron chi connectivity index (χ1n) is 7.83. The van der Waals surface area contributed by atoms with E-state index in [-0.39, 0.29) is 24.3 Å². The lowest BCUT2D eigenvalue weighted by Gasteiger charge is -2.30. The molecule has 0 bridgehead atoms. The molecule has 5 nitrogen and oxygen atoms in total. The Bertz CT molecular complexity index is 314. The third-order valence-corrected chi connectivity index (χ3v) is 3.97. The van der Waals surface area contributed by atoms with Crippen molar-refractivity contribution in [2.24, 2.45) is 5.92 Å². The van der Waals surface area contributed by atoms with Crippen LogP contribution >= 0.6 is 0 Å². The molecular formula is C15H29N3O2. The van der Waals surface area contributed by atoms with E-state index in [1.807, 2.05) is 11.8 Å². The molecule has 2 amide bonds. The highest BCUT2D eigenvalue weighted by atomic mass is 16.2. The van der Waals surface area contributed by atoms with Gasteiger partial charge >= 0.3 is 0 Å². The van der Waals surface area contributed by atoms with Crippen LogP contribution in [0.3, 0.4) is 0 Å². The fourth-order valence-corrected chi connectivity index (χ4v) is 2.56. The van der Waals surface area contributed by atoms with Gasteiger partial charge in [0.15, 0.2) is 0 Å². The molecule has 1 fully saturated rings. The van der Waals surface area contributed by atoms with Crippen LogP contribution in [0.1, 0.15) is 39.5 Å². The molecule has 116 valence electrons. The van der Waals surface area contributed by atoms with Gasteiger partial charge in [-0.1, -0.05) is 26.7 Å². The molecule has 1 atom stereocenters. The number of unbranched alkanes of at least 4 members (excludes halogenated alkanes) is 1. The summed E-state index contributed by atoms with van der Waals surface area (Å²) in [6.45, 7) is 7.57. The molecule has 0 saturated carbocycles. The van der Waals surface area contributed by atoms with Crippen molar-refractivity contribution >= 4 is 11.8 Å². The molecular weight excluding hydrogens is 254 g/mol. The molecule has 0 aromatic carbocycles. The number of hydrogen-bond donors (Lipinski definition) is 1. The number of carbonyl (C=O) groups is 2. The first-order valence-corrected chi connectivity index (χ1v) is 7.83. The molecule has 1 unspecified atom stereocenters. The first kappa shape index (κ1) is 17.0. The Kier molecular flexibility index (Phi) is 7.59. The van der Waals surface area contributed by atoms with Crippen molar-refractivity contribution in [1.82, 2.24) is 15.1 Å². The fourth-order valence-electron chi connectivity index (χ4n) is 2.56. The average molecular weight is 283 g/mol. The Morgan fingerprint density at radius 1 is 1.25 bits per heavy atom. The zero-order valence-electron chi connectivity index (χ0n) is 13.2. The third-order valence-electron chi connectivity index (χ3n) is 3.97. The Hall–Kier alpha value is -1.10. The van der Waals surface area contributed by atoms with E-state index in [9.17, 15) is 9.59 Å². The maximum atomic E-state index is 12.3. The lowest BCUT2D eigenvalue weighted by atomic mass is 9.98. The Morgan fingerprint density at radius 3 is 2.45 bits per heavy atom. The summed E-state index contributed by atoms with van der Waals surface area (Å²) in [6, 6.07) is 0. The van der Waals surface area contributed by atoms with Gasteiger partial charge in [-0.2, -0.15) is 0 Å². The minimum Gasteiger partial charge on any atom is -0.339 e. The molecule has 0 aliphatic carbocycles. The van der Waals surface area contributed by atoms with Gasteiger partial charge in [-0.15, -0.1) is 0 Å². The summed E-state index contributed by atoms with van der Waals surface area (Å²) in [5.41, 5.74) is 0. The second kappa shape index (κ2) is 8.95. The van der Waals surface area contributed by atoms with E-state index < -0.39 is 0 Å². The normalized spacial score (nSPS) is 16.9. The summed E-state index contributed by atoms with van der Waals surface area (Å²) in [5, 5.41) is 3.22. The van der Waals surface area contributed by atoms with Crippen LogP contribution in [0.2, 0.25) is 0 Å². The quantitative estimate of drug-likeness (QED) is 0.761. The minimum atomic E-state index is 0.0627. The fraction of sp³-hybridized carbons (Fsp3) is 0.867. The molecule has 20 heavy (non-hydrogen) atoms. The second-order valence-corrected chi connectivity index (χ2v) is 5.57. The number of nitrogens with zero attached hydrogens (tertiary/aromatic N) is 2. The van der Waals surface area contributed by atoms with Crippen molar-refractivity contribution in [2.45, 2.75) is 39.5 Å². The largest absolute Gasteiger partial charge is 0.339 e. The SMILES string of the molecule is CCCCC(CC)C(=O)N(C)CC(=O)N1CCNCC1. The monoisotopic (exact) mass is 283 g/mol. The van der Waals surface area contributed by atoms with E-state index >= 15 is 0 Å². The Labute approximate surface area is 122 Å². The van der Waals surface area contributed by atoms with Crippen LogP contribution in [0.25, 0.3) is 0 Å². The van der Waals surface area contributed by atoms with Gasteiger partial charge in [0.25, 0.3) is 0 Å². The third kappa shape index (κ3) is 5.12. The van der Waals surface area contributed by atoms with Crippen LogP contribution in [0, 0.1) is 5.92 Å². The summed E-state index contributed by atoms with van der Waals surface area (Å²) in [4.78, 5) is 27.9. The second-order valence-electron chi connectivity index (χ2n) is 5.57. The summed E-state index contributed by atoms with van der Waals surface area (Å²) in [7, 11) is 1.75. The van der Waals surface area contributed by atoms with Gasteiger partial charge in [0.2, 0.25) is 11.8 Å². The zero-order valence-corrected chi connectivity index (χ0v) is 13.2. The average Bonchev–Trinajstić information content (AvgIpc) is 2.48. The van der Waals surface area contributed by atoms with Gasteiger partial charge in [0.05, 0.1) is 6.54 Å². The summed E-state index contributed by atoms with van der Waals surface area (Å²) in [6.07, 6.45) is 3.96. The van der Waals surface area contributed by atoms with Crippen molar-refractivity contribution in [3.05, 3.63) is 0 Å². The summed E-state index contributed by atoms with van der Waals surface area (Å²) < 4.78 is 0. The van der Waals surface area contributed by atoms with Gasteiger partial charge in [-0.05, 0) is 12.8 Å². The molecule has 0 aromatic heterocycles. The predicted octanol–water partition coefficient (Wildman–Crippen LogP) is 1.09. The number of amides is 2. The predicted molar refractivity (Wildman–Crippen MR) is 80.4 cm³/mol. The smallest absolute Gasteiger partial charge is 0.242 e. The van der Waals surface area contributed by atoms with Crippen LogP contribution in [-0.2, 0) is 9.59 Å². The van der Waals surface area contributed by atoms with Crippen LogP contribution in [0.4, 0.5) is 0 Å².